The zero-order valence-corrected chi connectivity index (χ0v) is 8.29. The third-order valence-corrected chi connectivity index (χ3v) is 2.70. The molecule has 0 saturated carbocycles. The lowest BCUT2D eigenvalue weighted by Crippen LogP contribution is -2.05. The molecular weight excluding hydrogens is 190 g/mol. The highest BCUT2D eigenvalue weighted by Crippen LogP contribution is 2.06. The first-order valence-electron chi connectivity index (χ1n) is 3.96. The fraction of sp³-hybridized carbons (Fsp3) is 0.571. The second-order valence-electron chi connectivity index (χ2n) is 2.85. The Morgan fingerprint density at radius 3 is 2.77 bits per heavy atom. The highest BCUT2D eigenvalue weighted by Gasteiger charge is 2.08. The van der Waals surface area contributed by atoms with Crippen molar-refractivity contribution in [2.45, 2.75) is 17.9 Å². The molecule has 1 rings (SSSR count). The first kappa shape index (κ1) is 10.2. The third kappa shape index (κ3) is 2.82. The van der Waals surface area contributed by atoms with Gasteiger partial charge in [0, 0.05) is 19.0 Å². The van der Waals surface area contributed by atoms with Gasteiger partial charge in [-0.3, -0.25) is 4.68 Å². The van der Waals surface area contributed by atoms with E-state index in [0.29, 0.717) is 13.1 Å². The predicted octanol–water partition coefficient (Wildman–Crippen LogP) is -0.365. The molecule has 0 aliphatic rings. The van der Waals surface area contributed by atoms with Crippen LogP contribution in [0.15, 0.2) is 17.3 Å². The van der Waals surface area contributed by atoms with Crippen molar-refractivity contribution in [3.05, 3.63) is 12.4 Å². The minimum Gasteiger partial charge on any atom is -0.330 e. The first-order valence-corrected chi connectivity index (χ1v) is 5.86. The van der Waals surface area contributed by atoms with Crippen molar-refractivity contribution in [1.82, 2.24) is 9.78 Å². The van der Waals surface area contributed by atoms with Crippen molar-refractivity contribution in [1.29, 1.82) is 0 Å². The lowest BCUT2D eigenvalue weighted by Gasteiger charge is -1.96. The summed E-state index contributed by atoms with van der Waals surface area (Å²) in [6.45, 7) is 1.24. The number of hydrogen-bond donors (Lipinski definition) is 1. The average molecular weight is 203 g/mol. The molecule has 0 amide bonds. The van der Waals surface area contributed by atoms with Crippen molar-refractivity contribution in [2.24, 2.45) is 5.73 Å². The Bertz CT molecular complexity index is 369. The van der Waals surface area contributed by atoms with E-state index < -0.39 is 9.84 Å². The summed E-state index contributed by atoms with van der Waals surface area (Å²) in [5, 5.41) is 3.90. The largest absolute Gasteiger partial charge is 0.330 e. The molecule has 1 heterocycles. The van der Waals surface area contributed by atoms with Gasteiger partial charge in [0.2, 0.25) is 0 Å². The van der Waals surface area contributed by atoms with Gasteiger partial charge in [-0.1, -0.05) is 0 Å². The molecule has 1 aromatic heterocycles. The number of hydrogen-bond acceptors (Lipinski definition) is 4. The zero-order chi connectivity index (χ0) is 9.90. The van der Waals surface area contributed by atoms with Crippen LogP contribution in [0.3, 0.4) is 0 Å². The number of nitrogens with two attached hydrogens (primary N) is 1. The number of rotatable bonds is 4. The summed E-state index contributed by atoms with van der Waals surface area (Å²) in [5.41, 5.74) is 5.31. The number of aryl methyl sites for hydroxylation is 1. The van der Waals surface area contributed by atoms with Gasteiger partial charge >= 0.3 is 0 Å². The van der Waals surface area contributed by atoms with Crippen molar-refractivity contribution in [3.8, 4) is 0 Å². The lowest BCUT2D eigenvalue weighted by molar-refractivity contribution is 0.582. The normalized spacial score (nSPS) is 11.8. The number of nitrogens with zero attached hydrogens (tertiary/aromatic N) is 2. The second-order valence-corrected chi connectivity index (χ2v) is 4.87. The molecule has 0 radical (unpaired) electrons. The van der Waals surface area contributed by atoms with Crippen LogP contribution in [0.2, 0.25) is 0 Å². The zero-order valence-electron chi connectivity index (χ0n) is 7.47. The Morgan fingerprint density at radius 1 is 1.62 bits per heavy atom. The average Bonchev–Trinajstić information content (AvgIpc) is 2.47. The molecule has 13 heavy (non-hydrogen) atoms. The molecule has 5 nitrogen and oxygen atoms in total. The maximum Gasteiger partial charge on any atom is 0.178 e. The van der Waals surface area contributed by atoms with Gasteiger partial charge in [0.15, 0.2) is 9.84 Å². The van der Waals surface area contributed by atoms with E-state index >= 15 is 0 Å². The maximum atomic E-state index is 11.0. The Morgan fingerprint density at radius 2 is 2.31 bits per heavy atom. The van der Waals surface area contributed by atoms with Gasteiger partial charge in [-0.25, -0.2) is 8.42 Å². The van der Waals surface area contributed by atoms with Crippen LogP contribution in [0.4, 0.5) is 0 Å². The third-order valence-electron chi connectivity index (χ3n) is 1.63. The second kappa shape index (κ2) is 3.89. The smallest absolute Gasteiger partial charge is 0.178 e. The SMILES string of the molecule is CS(=O)(=O)c1cnn(CCCN)c1. The molecule has 6 heteroatoms. The van der Waals surface area contributed by atoms with E-state index in [4.69, 9.17) is 5.73 Å². The Kier molecular flexibility index (Phi) is 3.05. The van der Waals surface area contributed by atoms with Gasteiger partial charge in [-0.15, -0.1) is 0 Å². The predicted molar refractivity (Wildman–Crippen MR) is 49.0 cm³/mol. The van der Waals surface area contributed by atoms with E-state index in [0.717, 1.165) is 12.7 Å². The fourth-order valence-corrected chi connectivity index (χ4v) is 1.46. The quantitative estimate of drug-likeness (QED) is 0.724. The van der Waals surface area contributed by atoms with Crippen LogP contribution in [-0.4, -0.2) is 31.0 Å². The van der Waals surface area contributed by atoms with Crippen molar-refractivity contribution in [2.75, 3.05) is 12.8 Å². The van der Waals surface area contributed by atoms with Crippen LogP contribution in [0.5, 0.6) is 0 Å². The van der Waals surface area contributed by atoms with E-state index in [1.54, 1.807) is 4.68 Å². The summed E-state index contributed by atoms with van der Waals surface area (Å²) in [5.74, 6) is 0. The minimum atomic E-state index is -3.12. The fourth-order valence-electron chi connectivity index (χ4n) is 0.912. The van der Waals surface area contributed by atoms with Crippen LogP contribution in [0.1, 0.15) is 6.42 Å². The maximum absolute atomic E-state index is 11.0. The molecule has 1 aromatic rings. The molecule has 0 spiro atoms. The van der Waals surface area contributed by atoms with Crippen LogP contribution in [0, 0.1) is 0 Å². The summed E-state index contributed by atoms with van der Waals surface area (Å²) in [6, 6.07) is 0. The highest BCUT2D eigenvalue weighted by atomic mass is 32.2. The van der Waals surface area contributed by atoms with Crippen molar-refractivity contribution in [3.63, 3.8) is 0 Å². The van der Waals surface area contributed by atoms with Crippen LogP contribution in [0.25, 0.3) is 0 Å². The van der Waals surface area contributed by atoms with Crippen LogP contribution >= 0.6 is 0 Å². The standard InChI is InChI=1S/C7H13N3O2S/c1-13(11,12)7-5-9-10(6-7)4-2-3-8/h5-6H,2-4,8H2,1H3. The Balaban J connectivity index is 2.76. The summed E-state index contributed by atoms with van der Waals surface area (Å²) < 4.78 is 23.7. The summed E-state index contributed by atoms with van der Waals surface area (Å²) >= 11 is 0. The molecule has 74 valence electrons. The molecule has 0 aliphatic heterocycles. The molecule has 0 fully saturated rings. The van der Waals surface area contributed by atoms with E-state index in [-0.39, 0.29) is 4.90 Å². The van der Waals surface area contributed by atoms with E-state index in [9.17, 15) is 8.42 Å². The molecule has 0 atom stereocenters. The molecule has 0 saturated heterocycles. The highest BCUT2D eigenvalue weighted by molar-refractivity contribution is 7.90. The van der Waals surface area contributed by atoms with E-state index in [1.165, 1.54) is 12.4 Å². The van der Waals surface area contributed by atoms with Crippen LogP contribution < -0.4 is 5.73 Å². The van der Waals surface area contributed by atoms with Crippen LogP contribution in [-0.2, 0) is 16.4 Å². The minimum absolute atomic E-state index is 0.254. The van der Waals surface area contributed by atoms with Crippen molar-refractivity contribution < 1.29 is 8.42 Å². The first-order chi connectivity index (χ1) is 6.04. The van der Waals surface area contributed by atoms with Gasteiger partial charge in [0.1, 0.15) is 4.90 Å². The number of sulfone groups is 1. The molecule has 0 aliphatic carbocycles. The van der Waals surface area contributed by atoms with Gasteiger partial charge in [0.05, 0.1) is 6.20 Å². The Hall–Kier alpha value is -0.880. The number of aromatic nitrogens is 2. The van der Waals surface area contributed by atoms with Gasteiger partial charge in [0.25, 0.3) is 0 Å². The topological polar surface area (TPSA) is 78.0 Å². The van der Waals surface area contributed by atoms with Gasteiger partial charge in [-0.05, 0) is 13.0 Å². The summed E-state index contributed by atoms with van der Waals surface area (Å²) in [7, 11) is -3.12. The molecule has 0 aromatic carbocycles. The monoisotopic (exact) mass is 203 g/mol. The van der Waals surface area contributed by atoms with Gasteiger partial charge < -0.3 is 5.73 Å². The lowest BCUT2D eigenvalue weighted by atomic mass is 10.4. The molecular formula is C7H13N3O2S. The Labute approximate surface area is 77.5 Å². The molecule has 2 N–H and O–H groups in total. The molecule has 0 bridgehead atoms. The molecule has 0 unspecified atom stereocenters. The van der Waals surface area contributed by atoms with Gasteiger partial charge in [-0.2, -0.15) is 5.10 Å². The summed E-state index contributed by atoms with van der Waals surface area (Å²) in [4.78, 5) is 0.254. The van der Waals surface area contributed by atoms with E-state index in [2.05, 4.69) is 5.10 Å². The van der Waals surface area contributed by atoms with E-state index in [1.807, 2.05) is 0 Å². The van der Waals surface area contributed by atoms with Crippen molar-refractivity contribution >= 4 is 9.84 Å². The summed E-state index contributed by atoms with van der Waals surface area (Å²) in [6.07, 6.45) is 4.83.